The maximum absolute atomic E-state index is 11.5. The molecule has 0 bridgehead atoms. The molecule has 1 aliphatic heterocycles. The summed E-state index contributed by atoms with van der Waals surface area (Å²) in [5.41, 5.74) is 5.70. The zero-order valence-corrected chi connectivity index (χ0v) is 8.08. The molecule has 4 nitrogen and oxygen atoms in total. The van der Waals surface area contributed by atoms with Crippen molar-refractivity contribution >= 4 is 5.91 Å². The van der Waals surface area contributed by atoms with E-state index in [2.05, 4.69) is 12.2 Å². The second-order valence-corrected chi connectivity index (χ2v) is 3.45. The topological polar surface area (TPSA) is 64.3 Å². The van der Waals surface area contributed by atoms with E-state index in [1.54, 1.807) is 0 Å². The molecule has 0 aliphatic carbocycles. The Morgan fingerprint density at radius 2 is 2.38 bits per heavy atom. The van der Waals surface area contributed by atoms with Gasteiger partial charge in [-0.15, -0.1) is 0 Å². The first-order chi connectivity index (χ1) is 6.25. The number of carbonyl (C=O) groups is 1. The Hall–Kier alpha value is -0.610. The molecule has 2 unspecified atom stereocenters. The normalized spacial score (nSPS) is 27.5. The number of hydrogen-bond acceptors (Lipinski definition) is 3. The van der Waals surface area contributed by atoms with Gasteiger partial charge >= 0.3 is 0 Å². The lowest BCUT2D eigenvalue weighted by atomic mass is 10.0. The Morgan fingerprint density at radius 1 is 1.62 bits per heavy atom. The van der Waals surface area contributed by atoms with Crippen LogP contribution in [-0.2, 0) is 9.53 Å². The van der Waals surface area contributed by atoms with Crippen molar-refractivity contribution in [2.45, 2.75) is 25.8 Å². The van der Waals surface area contributed by atoms with Crippen LogP contribution in [0.2, 0.25) is 0 Å². The van der Waals surface area contributed by atoms with E-state index in [1.165, 1.54) is 0 Å². The van der Waals surface area contributed by atoms with Crippen molar-refractivity contribution in [3.63, 3.8) is 0 Å². The summed E-state index contributed by atoms with van der Waals surface area (Å²) in [6.07, 6.45) is 2.11. The molecular formula is C9H18N2O2. The number of amides is 1. The van der Waals surface area contributed by atoms with Gasteiger partial charge in [0.15, 0.2) is 0 Å². The van der Waals surface area contributed by atoms with E-state index in [0.29, 0.717) is 13.2 Å². The van der Waals surface area contributed by atoms with E-state index in [4.69, 9.17) is 10.5 Å². The van der Waals surface area contributed by atoms with Crippen molar-refractivity contribution in [3.05, 3.63) is 0 Å². The molecule has 0 saturated carbocycles. The summed E-state index contributed by atoms with van der Waals surface area (Å²) < 4.78 is 5.11. The Labute approximate surface area is 78.8 Å². The van der Waals surface area contributed by atoms with Crippen LogP contribution in [0.5, 0.6) is 0 Å². The molecule has 1 saturated heterocycles. The number of hydrogen-bond donors (Lipinski definition) is 2. The van der Waals surface area contributed by atoms with Gasteiger partial charge in [-0.2, -0.15) is 0 Å². The molecule has 76 valence electrons. The molecule has 1 fully saturated rings. The minimum atomic E-state index is -0.142. The molecular weight excluding hydrogens is 168 g/mol. The fourth-order valence-corrected chi connectivity index (χ4v) is 1.36. The van der Waals surface area contributed by atoms with Gasteiger partial charge < -0.3 is 15.8 Å². The molecule has 0 aromatic rings. The lowest BCUT2D eigenvalue weighted by molar-refractivity contribution is -0.125. The molecule has 1 amide bonds. The third-order valence-corrected chi connectivity index (χ3v) is 2.29. The van der Waals surface area contributed by atoms with Crippen molar-refractivity contribution in [2.75, 3.05) is 19.8 Å². The average Bonchev–Trinajstić information content (AvgIpc) is 2.52. The molecule has 13 heavy (non-hydrogen) atoms. The van der Waals surface area contributed by atoms with Crippen LogP contribution < -0.4 is 11.1 Å². The highest BCUT2D eigenvalue weighted by molar-refractivity contribution is 5.79. The van der Waals surface area contributed by atoms with E-state index in [9.17, 15) is 4.79 Å². The first-order valence-electron chi connectivity index (χ1n) is 4.86. The number of unbranched alkanes of at least 4 members (excludes halogenated alkanes) is 1. The fourth-order valence-electron chi connectivity index (χ4n) is 1.36. The molecule has 2 atom stereocenters. The monoisotopic (exact) mass is 186 g/mol. The highest BCUT2D eigenvalue weighted by Gasteiger charge is 2.30. The largest absolute Gasteiger partial charge is 0.379 e. The van der Waals surface area contributed by atoms with Crippen LogP contribution in [0, 0.1) is 5.92 Å². The van der Waals surface area contributed by atoms with Crippen LogP contribution >= 0.6 is 0 Å². The summed E-state index contributed by atoms with van der Waals surface area (Å²) in [6.45, 7) is 3.82. The predicted molar refractivity (Wildman–Crippen MR) is 50.2 cm³/mol. The van der Waals surface area contributed by atoms with Crippen molar-refractivity contribution in [2.24, 2.45) is 11.7 Å². The lowest BCUT2D eigenvalue weighted by Crippen LogP contribution is -2.41. The smallest absolute Gasteiger partial charge is 0.227 e. The fraction of sp³-hybridized carbons (Fsp3) is 0.889. The zero-order valence-electron chi connectivity index (χ0n) is 8.08. The number of carbonyl (C=O) groups excluding carboxylic acids is 1. The molecule has 0 spiro atoms. The molecule has 1 heterocycles. The van der Waals surface area contributed by atoms with Crippen LogP contribution in [-0.4, -0.2) is 31.7 Å². The van der Waals surface area contributed by atoms with Crippen LogP contribution in [0.25, 0.3) is 0 Å². The van der Waals surface area contributed by atoms with Gasteiger partial charge in [0, 0.05) is 12.6 Å². The van der Waals surface area contributed by atoms with Crippen molar-refractivity contribution < 1.29 is 9.53 Å². The highest BCUT2D eigenvalue weighted by atomic mass is 16.5. The molecule has 0 aromatic carbocycles. The Bertz CT molecular complexity index is 173. The van der Waals surface area contributed by atoms with Crippen LogP contribution in [0.3, 0.4) is 0 Å². The van der Waals surface area contributed by atoms with Crippen LogP contribution in [0.1, 0.15) is 19.8 Å². The van der Waals surface area contributed by atoms with E-state index in [1.807, 2.05) is 0 Å². The summed E-state index contributed by atoms with van der Waals surface area (Å²) in [4.78, 5) is 11.5. The first-order valence-corrected chi connectivity index (χ1v) is 4.86. The summed E-state index contributed by atoms with van der Waals surface area (Å²) >= 11 is 0. The van der Waals surface area contributed by atoms with E-state index < -0.39 is 0 Å². The van der Waals surface area contributed by atoms with Gasteiger partial charge in [0.2, 0.25) is 5.91 Å². The summed E-state index contributed by atoms with van der Waals surface area (Å²) in [5.74, 6) is -0.102. The first kappa shape index (κ1) is 10.5. The average molecular weight is 186 g/mol. The van der Waals surface area contributed by atoms with Gasteiger partial charge in [0.05, 0.1) is 19.1 Å². The third-order valence-electron chi connectivity index (χ3n) is 2.29. The van der Waals surface area contributed by atoms with Crippen molar-refractivity contribution in [1.29, 1.82) is 0 Å². The zero-order chi connectivity index (χ0) is 9.68. The Balaban J connectivity index is 2.22. The number of nitrogens with one attached hydrogen (secondary N) is 1. The summed E-state index contributed by atoms with van der Waals surface area (Å²) in [7, 11) is 0. The van der Waals surface area contributed by atoms with Crippen LogP contribution in [0.15, 0.2) is 0 Å². The highest BCUT2D eigenvalue weighted by Crippen LogP contribution is 2.11. The molecule has 1 rings (SSSR count). The maximum atomic E-state index is 11.5. The van der Waals surface area contributed by atoms with Crippen LogP contribution in [0.4, 0.5) is 0 Å². The van der Waals surface area contributed by atoms with Crippen molar-refractivity contribution in [3.8, 4) is 0 Å². The Morgan fingerprint density at radius 3 is 2.92 bits per heavy atom. The maximum Gasteiger partial charge on any atom is 0.227 e. The second-order valence-electron chi connectivity index (χ2n) is 3.45. The van der Waals surface area contributed by atoms with Gasteiger partial charge in [-0.3, -0.25) is 4.79 Å². The van der Waals surface area contributed by atoms with Gasteiger partial charge in [0.25, 0.3) is 0 Å². The van der Waals surface area contributed by atoms with E-state index >= 15 is 0 Å². The standard InChI is InChI=1S/C9H18N2O2/c1-2-3-4-11-9(12)7-5-13-6-8(7)10/h7-8H,2-6,10H2,1H3,(H,11,12). The predicted octanol–water partition coefficient (Wildman–Crippen LogP) is -0.124. The van der Waals surface area contributed by atoms with Gasteiger partial charge in [0.1, 0.15) is 0 Å². The number of nitrogens with two attached hydrogens (primary N) is 1. The van der Waals surface area contributed by atoms with E-state index in [-0.39, 0.29) is 17.9 Å². The minimum Gasteiger partial charge on any atom is -0.379 e. The summed E-state index contributed by atoms with van der Waals surface area (Å²) in [5, 5.41) is 2.86. The second kappa shape index (κ2) is 5.19. The van der Waals surface area contributed by atoms with Gasteiger partial charge in [-0.25, -0.2) is 0 Å². The molecule has 3 N–H and O–H groups in total. The quantitative estimate of drug-likeness (QED) is 0.601. The summed E-state index contributed by atoms with van der Waals surface area (Å²) in [6, 6.07) is -0.123. The van der Waals surface area contributed by atoms with Crippen molar-refractivity contribution in [1.82, 2.24) is 5.32 Å². The van der Waals surface area contributed by atoms with Gasteiger partial charge in [-0.1, -0.05) is 13.3 Å². The number of rotatable bonds is 4. The molecule has 1 aliphatic rings. The third kappa shape index (κ3) is 2.97. The van der Waals surface area contributed by atoms with Gasteiger partial charge in [-0.05, 0) is 6.42 Å². The number of ether oxygens (including phenoxy) is 1. The molecule has 0 aromatic heterocycles. The van der Waals surface area contributed by atoms with E-state index in [0.717, 1.165) is 19.4 Å². The SMILES string of the molecule is CCCCNC(=O)C1COCC1N. The minimum absolute atomic E-state index is 0.0402. The Kier molecular flexibility index (Phi) is 4.18. The molecule has 0 radical (unpaired) electrons. The lowest BCUT2D eigenvalue weighted by Gasteiger charge is -2.12. The molecule has 4 heteroatoms.